The molecule has 1 atom stereocenters. The van der Waals surface area contributed by atoms with Gasteiger partial charge in [0.1, 0.15) is 11.5 Å². The first-order valence-electron chi connectivity index (χ1n) is 10.6. The molecule has 0 bridgehead atoms. The fraction of sp³-hybridized carbons (Fsp3) is 0.348. The maximum absolute atomic E-state index is 11.6. The lowest BCUT2D eigenvalue weighted by Gasteiger charge is -2.35. The first kappa shape index (κ1) is 18.8. The molecule has 1 fully saturated rings. The van der Waals surface area contributed by atoms with E-state index in [1.807, 2.05) is 12.1 Å². The molecule has 7 nitrogen and oxygen atoms in total. The van der Waals surface area contributed by atoms with E-state index in [1.165, 1.54) is 24.0 Å². The Bertz CT molecular complexity index is 1060. The Labute approximate surface area is 175 Å². The summed E-state index contributed by atoms with van der Waals surface area (Å²) in [6.07, 6.45) is 4.33. The molecule has 1 saturated heterocycles. The van der Waals surface area contributed by atoms with Crippen LogP contribution in [-0.2, 0) is 13.0 Å². The van der Waals surface area contributed by atoms with Crippen LogP contribution in [0.2, 0.25) is 0 Å². The maximum atomic E-state index is 11.6. The van der Waals surface area contributed by atoms with Gasteiger partial charge in [-0.3, -0.25) is 15.0 Å². The second-order valence-corrected chi connectivity index (χ2v) is 8.01. The van der Waals surface area contributed by atoms with Crippen LogP contribution in [0.1, 0.15) is 42.1 Å². The second kappa shape index (κ2) is 7.91. The highest BCUT2D eigenvalue weighted by Gasteiger charge is 2.33. The molecule has 0 aliphatic carbocycles. The normalized spacial score (nSPS) is 18.7. The average Bonchev–Trinajstić information content (AvgIpc) is 3.38. The highest BCUT2D eigenvalue weighted by molar-refractivity contribution is 5.62. The molecular weight excluding hydrogens is 378 g/mol. The molecule has 0 spiro atoms. The van der Waals surface area contributed by atoms with Crippen LogP contribution < -0.4 is 5.32 Å². The minimum Gasteiger partial charge on any atom is -0.369 e. The van der Waals surface area contributed by atoms with E-state index in [0.29, 0.717) is 5.69 Å². The van der Waals surface area contributed by atoms with Gasteiger partial charge in [-0.2, -0.15) is 5.10 Å². The maximum Gasteiger partial charge on any atom is 0.294 e. The van der Waals surface area contributed by atoms with Crippen LogP contribution in [0.4, 0.5) is 11.5 Å². The number of nitro benzene ring substituents is 1. The van der Waals surface area contributed by atoms with Crippen molar-refractivity contribution in [1.82, 2.24) is 14.7 Å². The van der Waals surface area contributed by atoms with Crippen molar-refractivity contribution in [3.63, 3.8) is 0 Å². The van der Waals surface area contributed by atoms with Crippen molar-refractivity contribution in [3.05, 3.63) is 81.5 Å². The van der Waals surface area contributed by atoms with Crippen molar-refractivity contribution in [1.29, 1.82) is 0 Å². The summed E-state index contributed by atoms with van der Waals surface area (Å²) >= 11 is 0. The number of fused-ring (bicyclic) bond motifs is 1. The lowest BCUT2D eigenvalue weighted by molar-refractivity contribution is -0.384. The van der Waals surface area contributed by atoms with Gasteiger partial charge in [-0.1, -0.05) is 48.9 Å². The Kier molecular flexibility index (Phi) is 4.96. The highest BCUT2D eigenvalue weighted by Crippen LogP contribution is 2.39. The Morgan fingerprint density at radius 3 is 2.73 bits per heavy atom. The number of piperidine rings is 1. The average molecular weight is 403 g/mol. The number of hydrogen-bond acceptors (Lipinski definition) is 5. The van der Waals surface area contributed by atoms with Gasteiger partial charge in [0.2, 0.25) is 0 Å². The third-order valence-corrected chi connectivity index (χ3v) is 6.15. The molecule has 1 unspecified atom stereocenters. The Morgan fingerprint density at radius 1 is 1.10 bits per heavy atom. The molecule has 3 aromatic rings. The van der Waals surface area contributed by atoms with Crippen LogP contribution in [0.3, 0.4) is 0 Å². The van der Waals surface area contributed by atoms with Gasteiger partial charge in [0.15, 0.2) is 0 Å². The molecule has 2 aliphatic rings. The summed E-state index contributed by atoms with van der Waals surface area (Å²) in [5.74, 6) is 0.907. The summed E-state index contributed by atoms with van der Waals surface area (Å²) in [6.45, 7) is 2.78. The number of rotatable bonds is 5. The molecule has 1 N–H and O–H groups in total. The van der Waals surface area contributed by atoms with Gasteiger partial charge < -0.3 is 5.32 Å². The van der Waals surface area contributed by atoms with E-state index in [1.54, 1.807) is 22.9 Å². The van der Waals surface area contributed by atoms with Gasteiger partial charge in [0.05, 0.1) is 16.7 Å². The monoisotopic (exact) mass is 403 g/mol. The molecule has 0 saturated carbocycles. The molecule has 7 heteroatoms. The summed E-state index contributed by atoms with van der Waals surface area (Å²) in [5.41, 5.74) is 4.18. The highest BCUT2D eigenvalue weighted by atomic mass is 16.6. The second-order valence-electron chi connectivity index (χ2n) is 8.01. The number of nitro groups is 1. The number of hydrogen-bond donors (Lipinski definition) is 1. The SMILES string of the molecule is O=[N+]([O-])c1ccccc1-n1nc(C2CCCCN2Cc2ccccc2)c2c1NCC2. The van der Waals surface area contributed by atoms with E-state index in [-0.39, 0.29) is 16.7 Å². The predicted octanol–water partition coefficient (Wildman–Crippen LogP) is 4.48. The van der Waals surface area contributed by atoms with Gasteiger partial charge in [-0.05, 0) is 37.4 Å². The third-order valence-electron chi connectivity index (χ3n) is 6.15. The molecule has 2 aromatic carbocycles. The topological polar surface area (TPSA) is 76.2 Å². The Hall–Kier alpha value is -3.19. The summed E-state index contributed by atoms with van der Waals surface area (Å²) < 4.78 is 1.76. The minimum atomic E-state index is -0.333. The first-order valence-corrected chi connectivity index (χ1v) is 10.6. The predicted molar refractivity (Wildman–Crippen MR) is 116 cm³/mol. The van der Waals surface area contributed by atoms with Crippen LogP contribution >= 0.6 is 0 Å². The molecule has 5 rings (SSSR count). The van der Waals surface area contributed by atoms with E-state index in [4.69, 9.17) is 5.10 Å². The number of para-hydroxylation sites is 2. The molecule has 2 aliphatic heterocycles. The first-order chi connectivity index (χ1) is 14.7. The molecule has 0 amide bonds. The molecule has 3 heterocycles. The largest absolute Gasteiger partial charge is 0.369 e. The third kappa shape index (κ3) is 3.35. The Morgan fingerprint density at radius 2 is 1.90 bits per heavy atom. The quantitative estimate of drug-likeness (QED) is 0.502. The van der Waals surface area contributed by atoms with Crippen molar-refractivity contribution < 1.29 is 4.92 Å². The van der Waals surface area contributed by atoms with Crippen LogP contribution in [0.5, 0.6) is 0 Å². The zero-order chi connectivity index (χ0) is 20.5. The summed E-state index contributed by atoms with van der Waals surface area (Å²) in [5, 5.41) is 20.0. The van der Waals surface area contributed by atoms with Gasteiger partial charge in [0, 0.05) is 24.7 Å². The smallest absolute Gasteiger partial charge is 0.294 e. The van der Waals surface area contributed by atoms with E-state index in [0.717, 1.165) is 44.0 Å². The number of likely N-dealkylation sites (tertiary alicyclic amines) is 1. The van der Waals surface area contributed by atoms with E-state index >= 15 is 0 Å². The lowest BCUT2D eigenvalue weighted by Crippen LogP contribution is -2.33. The minimum absolute atomic E-state index is 0.0767. The van der Waals surface area contributed by atoms with Crippen molar-refractivity contribution in [2.24, 2.45) is 0 Å². The van der Waals surface area contributed by atoms with Crippen molar-refractivity contribution in [3.8, 4) is 5.69 Å². The summed E-state index contributed by atoms with van der Waals surface area (Å²) in [4.78, 5) is 13.8. The molecular formula is C23H25N5O2. The summed E-state index contributed by atoms with van der Waals surface area (Å²) in [6, 6.07) is 17.6. The summed E-state index contributed by atoms with van der Waals surface area (Å²) in [7, 11) is 0. The van der Waals surface area contributed by atoms with Gasteiger partial charge in [-0.15, -0.1) is 0 Å². The molecule has 0 radical (unpaired) electrons. The molecule has 154 valence electrons. The van der Waals surface area contributed by atoms with Crippen LogP contribution in [-0.4, -0.2) is 32.7 Å². The number of aromatic nitrogens is 2. The Balaban J connectivity index is 1.55. The fourth-order valence-corrected chi connectivity index (χ4v) is 4.75. The standard InChI is InChI=1S/C23H25N5O2/c29-28(30)20-11-5-4-10-19(20)27-23-18(13-14-24-23)22(25-27)21-12-6-7-15-26(21)16-17-8-2-1-3-9-17/h1-5,8-11,21,24H,6-7,12-16H2. The molecule has 1 aromatic heterocycles. The zero-order valence-corrected chi connectivity index (χ0v) is 16.8. The van der Waals surface area contributed by atoms with E-state index in [2.05, 4.69) is 34.5 Å². The van der Waals surface area contributed by atoms with Crippen LogP contribution in [0.15, 0.2) is 54.6 Å². The fourth-order valence-electron chi connectivity index (χ4n) is 4.75. The lowest BCUT2D eigenvalue weighted by atomic mass is 9.95. The molecule has 30 heavy (non-hydrogen) atoms. The zero-order valence-electron chi connectivity index (χ0n) is 16.8. The van der Waals surface area contributed by atoms with E-state index < -0.39 is 0 Å². The van der Waals surface area contributed by atoms with E-state index in [9.17, 15) is 10.1 Å². The number of benzene rings is 2. The van der Waals surface area contributed by atoms with Gasteiger partial charge in [-0.25, -0.2) is 4.68 Å². The van der Waals surface area contributed by atoms with Crippen molar-refractivity contribution in [2.75, 3.05) is 18.4 Å². The van der Waals surface area contributed by atoms with Gasteiger partial charge >= 0.3 is 0 Å². The van der Waals surface area contributed by atoms with Gasteiger partial charge in [0.25, 0.3) is 5.69 Å². The number of nitrogens with zero attached hydrogens (tertiary/aromatic N) is 4. The van der Waals surface area contributed by atoms with Crippen molar-refractivity contribution in [2.45, 2.75) is 38.3 Å². The van der Waals surface area contributed by atoms with Crippen LogP contribution in [0.25, 0.3) is 5.69 Å². The van der Waals surface area contributed by atoms with Crippen LogP contribution in [0, 0.1) is 10.1 Å². The van der Waals surface area contributed by atoms with Crippen molar-refractivity contribution >= 4 is 11.5 Å². The number of anilines is 1. The number of nitrogens with one attached hydrogen (secondary N) is 1.